The fourth-order valence-electron chi connectivity index (χ4n) is 2.13. The van der Waals surface area contributed by atoms with E-state index in [4.69, 9.17) is 10.5 Å². The van der Waals surface area contributed by atoms with E-state index in [1.54, 1.807) is 0 Å². The summed E-state index contributed by atoms with van der Waals surface area (Å²) in [4.78, 5) is 4.41. The lowest BCUT2D eigenvalue weighted by Crippen LogP contribution is -2.33. The van der Waals surface area contributed by atoms with Gasteiger partial charge in [-0.05, 0) is 37.7 Å². The van der Waals surface area contributed by atoms with Gasteiger partial charge in [0.2, 0.25) is 0 Å². The van der Waals surface area contributed by atoms with Gasteiger partial charge in [-0.3, -0.25) is 0 Å². The third-order valence-corrected chi connectivity index (χ3v) is 3.77. The summed E-state index contributed by atoms with van der Waals surface area (Å²) in [5, 5.41) is 3.15. The second-order valence-electron chi connectivity index (χ2n) is 6.09. The van der Waals surface area contributed by atoms with Crippen LogP contribution >= 0.6 is 24.0 Å². The van der Waals surface area contributed by atoms with Gasteiger partial charge in [-0.15, -0.1) is 24.0 Å². The topological polar surface area (TPSA) is 59.6 Å². The number of rotatable bonds is 7. The minimum absolute atomic E-state index is 0. The van der Waals surface area contributed by atoms with Crippen molar-refractivity contribution in [3.05, 3.63) is 29.8 Å². The molecule has 5 heteroatoms. The van der Waals surface area contributed by atoms with E-state index in [1.165, 1.54) is 6.42 Å². The highest BCUT2D eigenvalue weighted by Crippen LogP contribution is 2.27. The molecule has 0 unspecified atom stereocenters. The lowest BCUT2D eigenvalue weighted by Gasteiger charge is -2.27. The van der Waals surface area contributed by atoms with Crippen molar-refractivity contribution in [1.82, 2.24) is 5.32 Å². The zero-order valence-electron chi connectivity index (χ0n) is 13.5. The van der Waals surface area contributed by atoms with Crippen LogP contribution in [0, 0.1) is 5.92 Å². The maximum atomic E-state index is 6.00. The molecule has 0 saturated heterocycles. The van der Waals surface area contributed by atoms with Crippen LogP contribution in [0.4, 0.5) is 0 Å². The number of nitrogens with zero attached hydrogens (tertiary/aromatic N) is 1. The smallest absolute Gasteiger partial charge is 0.188 e. The minimum atomic E-state index is 0. The van der Waals surface area contributed by atoms with Crippen molar-refractivity contribution in [2.45, 2.75) is 52.2 Å². The van der Waals surface area contributed by atoms with E-state index < -0.39 is 0 Å². The first-order valence-corrected chi connectivity index (χ1v) is 7.93. The van der Waals surface area contributed by atoms with Gasteiger partial charge in [-0.25, -0.2) is 4.99 Å². The van der Waals surface area contributed by atoms with E-state index >= 15 is 0 Å². The third kappa shape index (κ3) is 6.42. The van der Waals surface area contributed by atoms with Crippen LogP contribution in [-0.2, 0) is 6.54 Å². The monoisotopic (exact) mass is 417 g/mol. The molecule has 0 amide bonds. The summed E-state index contributed by atoms with van der Waals surface area (Å²) in [6.07, 6.45) is 5.08. The molecule has 0 atom stereocenters. The van der Waals surface area contributed by atoms with Crippen LogP contribution in [0.1, 0.15) is 45.1 Å². The lowest BCUT2D eigenvalue weighted by molar-refractivity contribution is 0.119. The standard InChI is InChI=1S/C17H27N3O.HI/c1-13(2)10-11-19-17(18)20-12-14-6-3-4-9-16(14)21-15-7-5-8-15;/h3-4,6,9,13,15H,5,7-8,10-12H2,1-2H3,(H3,18,19,20);1H. The Labute approximate surface area is 150 Å². The number of nitrogens with two attached hydrogens (primary N) is 1. The Morgan fingerprint density at radius 2 is 2.09 bits per heavy atom. The molecule has 1 aromatic rings. The molecule has 0 aliphatic heterocycles. The van der Waals surface area contributed by atoms with Gasteiger partial charge in [0.15, 0.2) is 5.96 Å². The number of guanidine groups is 1. The highest BCUT2D eigenvalue weighted by atomic mass is 127. The highest BCUT2D eigenvalue weighted by Gasteiger charge is 2.19. The molecule has 2 rings (SSSR count). The van der Waals surface area contributed by atoms with Crippen LogP contribution in [0.15, 0.2) is 29.3 Å². The van der Waals surface area contributed by atoms with Crippen LogP contribution in [0.2, 0.25) is 0 Å². The molecule has 0 aromatic heterocycles. The molecule has 0 radical (unpaired) electrons. The number of hydrogen-bond acceptors (Lipinski definition) is 2. The van der Waals surface area contributed by atoms with Crippen LogP contribution in [0.3, 0.4) is 0 Å². The molecule has 124 valence electrons. The second kappa shape index (κ2) is 9.92. The van der Waals surface area contributed by atoms with Gasteiger partial charge in [0.25, 0.3) is 0 Å². The van der Waals surface area contributed by atoms with Crippen LogP contribution in [-0.4, -0.2) is 18.6 Å². The zero-order chi connectivity index (χ0) is 15.1. The van der Waals surface area contributed by atoms with Crippen molar-refractivity contribution in [1.29, 1.82) is 0 Å². The summed E-state index contributed by atoms with van der Waals surface area (Å²) in [5.41, 5.74) is 6.99. The van der Waals surface area contributed by atoms with Crippen molar-refractivity contribution < 1.29 is 4.74 Å². The van der Waals surface area contributed by atoms with E-state index in [0.29, 0.717) is 24.5 Å². The molecule has 0 bridgehead atoms. The fourth-order valence-corrected chi connectivity index (χ4v) is 2.13. The minimum Gasteiger partial charge on any atom is -0.490 e. The number of hydrogen-bond donors (Lipinski definition) is 2. The fraction of sp³-hybridized carbons (Fsp3) is 0.588. The molecule has 1 fully saturated rings. The molecular formula is C17H28IN3O. The summed E-state index contributed by atoms with van der Waals surface area (Å²) in [6.45, 7) is 5.82. The van der Waals surface area contributed by atoms with E-state index in [2.05, 4.69) is 30.2 Å². The number of nitrogens with one attached hydrogen (secondary N) is 1. The van der Waals surface area contributed by atoms with E-state index in [9.17, 15) is 0 Å². The van der Waals surface area contributed by atoms with Gasteiger partial charge in [0.1, 0.15) is 5.75 Å². The van der Waals surface area contributed by atoms with Crippen molar-refractivity contribution in [3.8, 4) is 5.75 Å². The Bertz CT molecular complexity index is 473. The van der Waals surface area contributed by atoms with Gasteiger partial charge in [-0.1, -0.05) is 32.0 Å². The molecule has 4 nitrogen and oxygen atoms in total. The molecule has 1 aliphatic rings. The highest BCUT2D eigenvalue weighted by molar-refractivity contribution is 14.0. The summed E-state index contributed by atoms with van der Waals surface area (Å²) < 4.78 is 6.00. The predicted molar refractivity (Wildman–Crippen MR) is 103 cm³/mol. The summed E-state index contributed by atoms with van der Waals surface area (Å²) >= 11 is 0. The molecule has 0 heterocycles. The second-order valence-corrected chi connectivity index (χ2v) is 6.09. The number of para-hydroxylation sites is 1. The Hall–Kier alpha value is -0.980. The summed E-state index contributed by atoms with van der Waals surface area (Å²) in [7, 11) is 0. The quantitative estimate of drug-likeness (QED) is 0.404. The summed E-state index contributed by atoms with van der Waals surface area (Å²) in [6, 6.07) is 8.09. The Balaban J connectivity index is 0.00000242. The van der Waals surface area contributed by atoms with Gasteiger partial charge in [-0.2, -0.15) is 0 Å². The molecule has 0 spiro atoms. The first-order chi connectivity index (χ1) is 10.1. The van der Waals surface area contributed by atoms with E-state index in [1.807, 2.05) is 18.2 Å². The van der Waals surface area contributed by atoms with Gasteiger partial charge in [0.05, 0.1) is 12.6 Å². The zero-order valence-corrected chi connectivity index (χ0v) is 15.9. The molecule has 3 N–H and O–H groups in total. The average Bonchev–Trinajstić information content (AvgIpc) is 2.41. The number of benzene rings is 1. The van der Waals surface area contributed by atoms with Gasteiger partial charge < -0.3 is 15.8 Å². The first kappa shape index (κ1) is 19.1. The van der Waals surface area contributed by atoms with Gasteiger partial charge >= 0.3 is 0 Å². The number of aliphatic imine (C=N–C) groups is 1. The molecule has 1 aromatic carbocycles. The van der Waals surface area contributed by atoms with E-state index in [0.717, 1.165) is 37.1 Å². The maximum Gasteiger partial charge on any atom is 0.188 e. The van der Waals surface area contributed by atoms with Gasteiger partial charge in [0, 0.05) is 12.1 Å². The van der Waals surface area contributed by atoms with Crippen molar-refractivity contribution >= 4 is 29.9 Å². The third-order valence-electron chi connectivity index (χ3n) is 3.77. The van der Waals surface area contributed by atoms with Crippen molar-refractivity contribution in [2.75, 3.05) is 6.54 Å². The molecule has 1 aliphatic carbocycles. The number of halogens is 1. The maximum absolute atomic E-state index is 6.00. The number of ether oxygens (including phenoxy) is 1. The Kier molecular flexibility index (Phi) is 8.60. The lowest BCUT2D eigenvalue weighted by atomic mass is 9.96. The average molecular weight is 417 g/mol. The molecular weight excluding hydrogens is 389 g/mol. The van der Waals surface area contributed by atoms with Crippen molar-refractivity contribution in [2.24, 2.45) is 16.6 Å². The van der Waals surface area contributed by atoms with Crippen molar-refractivity contribution in [3.63, 3.8) is 0 Å². The largest absolute Gasteiger partial charge is 0.490 e. The van der Waals surface area contributed by atoms with Crippen LogP contribution in [0.5, 0.6) is 5.75 Å². The molecule has 22 heavy (non-hydrogen) atoms. The SMILES string of the molecule is CC(C)CCNC(N)=NCc1ccccc1OC1CCC1.I. The normalized spacial score (nSPS) is 15.1. The Morgan fingerprint density at radius 1 is 1.36 bits per heavy atom. The summed E-state index contributed by atoms with van der Waals surface area (Å²) in [5.74, 6) is 2.12. The van der Waals surface area contributed by atoms with Crippen LogP contribution < -0.4 is 15.8 Å². The van der Waals surface area contributed by atoms with E-state index in [-0.39, 0.29) is 24.0 Å². The first-order valence-electron chi connectivity index (χ1n) is 7.93. The Morgan fingerprint density at radius 3 is 2.73 bits per heavy atom. The van der Waals surface area contributed by atoms with Crippen LogP contribution in [0.25, 0.3) is 0 Å². The molecule has 1 saturated carbocycles. The predicted octanol–water partition coefficient (Wildman–Crippen LogP) is 3.69.